The zero-order valence-electron chi connectivity index (χ0n) is 12.3. The summed E-state index contributed by atoms with van der Waals surface area (Å²) in [6, 6.07) is 20.8. The molecule has 1 unspecified atom stereocenters. The number of aliphatic hydroxyl groups is 1. The summed E-state index contributed by atoms with van der Waals surface area (Å²) >= 11 is 0. The summed E-state index contributed by atoms with van der Waals surface area (Å²) in [4.78, 5) is 0. The summed E-state index contributed by atoms with van der Waals surface area (Å²) in [6.07, 6.45) is 3.59. The first-order chi connectivity index (χ1) is 10.3. The number of nitrogens with one attached hydrogen (secondary N) is 1. The van der Waals surface area contributed by atoms with Gasteiger partial charge < -0.3 is 10.4 Å². The van der Waals surface area contributed by atoms with Crippen LogP contribution in [0.5, 0.6) is 0 Å². The Morgan fingerprint density at radius 3 is 1.86 bits per heavy atom. The van der Waals surface area contributed by atoms with Gasteiger partial charge >= 0.3 is 0 Å². The maximum atomic E-state index is 11.4. The quantitative estimate of drug-likeness (QED) is 0.883. The van der Waals surface area contributed by atoms with Crippen LogP contribution in [0.3, 0.4) is 0 Å². The Labute approximate surface area is 126 Å². The van der Waals surface area contributed by atoms with E-state index in [0.717, 1.165) is 19.4 Å². The Hall–Kier alpha value is -1.64. The second-order valence-corrected chi connectivity index (χ2v) is 6.08. The molecule has 1 atom stereocenters. The van der Waals surface area contributed by atoms with Crippen LogP contribution in [0, 0.1) is 0 Å². The highest BCUT2D eigenvalue weighted by molar-refractivity contribution is 5.23. The molecule has 0 bridgehead atoms. The predicted octanol–water partition coefficient (Wildman–Crippen LogP) is 2.95. The lowest BCUT2D eigenvalue weighted by molar-refractivity contribution is 0.00788. The fourth-order valence-corrected chi connectivity index (χ4v) is 3.35. The lowest BCUT2D eigenvalue weighted by Gasteiger charge is -2.35. The molecule has 2 nitrogen and oxygen atoms in total. The summed E-state index contributed by atoms with van der Waals surface area (Å²) in [6.45, 7) is 1.01. The number of hydrogen-bond donors (Lipinski definition) is 2. The molecule has 2 aromatic carbocycles. The van der Waals surface area contributed by atoms with E-state index in [4.69, 9.17) is 0 Å². The number of rotatable bonds is 5. The number of benzene rings is 2. The largest absolute Gasteiger partial charge is 0.388 e. The van der Waals surface area contributed by atoms with Crippen molar-refractivity contribution < 1.29 is 5.11 Å². The maximum absolute atomic E-state index is 11.4. The van der Waals surface area contributed by atoms with E-state index in [1.54, 1.807) is 0 Å². The first kappa shape index (κ1) is 14.3. The average Bonchev–Trinajstić information content (AvgIpc) is 3.04. The Bertz CT molecular complexity index is 505. The molecule has 2 N–H and O–H groups in total. The fraction of sp³-hybridized carbons (Fsp3) is 0.368. The minimum Gasteiger partial charge on any atom is -0.388 e. The first-order valence-electron chi connectivity index (χ1n) is 7.80. The standard InChI is InChI=1S/C19H23NO/c21-19(18-12-7-13-20-18,14-16-8-3-1-4-9-16)15-17-10-5-2-6-11-17/h1-6,8-11,18,20-21H,7,12-15H2. The van der Waals surface area contributed by atoms with Gasteiger partial charge in [0, 0.05) is 18.9 Å². The Morgan fingerprint density at radius 2 is 1.43 bits per heavy atom. The van der Waals surface area contributed by atoms with Gasteiger partial charge in [-0.3, -0.25) is 0 Å². The molecule has 0 saturated carbocycles. The van der Waals surface area contributed by atoms with Gasteiger partial charge in [0.05, 0.1) is 5.60 Å². The van der Waals surface area contributed by atoms with E-state index in [-0.39, 0.29) is 6.04 Å². The SMILES string of the molecule is OC(Cc1ccccc1)(Cc1ccccc1)C1CCCN1. The van der Waals surface area contributed by atoms with Gasteiger partial charge in [-0.15, -0.1) is 0 Å². The van der Waals surface area contributed by atoms with Gasteiger partial charge in [-0.05, 0) is 30.5 Å². The molecule has 1 heterocycles. The number of hydrogen-bond acceptors (Lipinski definition) is 2. The second kappa shape index (κ2) is 6.42. The highest BCUT2D eigenvalue weighted by Gasteiger charge is 2.38. The van der Waals surface area contributed by atoms with Crippen LogP contribution in [0.25, 0.3) is 0 Å². The third kappa shape index (κ3) is 3.52. The zero-order chi connectivity index (χ0) is 14.5. The van der Waals surface area contributed by atoms with E-state index < -0.39 is 5.60 Å². The van der Waals surface area contributed by atoms with Gasteiger partial charge in [-0.25, -0.2) is 0 Å². The van der Waals surface area contributed by atoms with Crippen LogP contribution in [0.15, 0.2) is 60.7 Å². The van der Waals surface area contributed by atoms with Gasteiger partial charge in [0.15, 0.2) is 0 Å². The summed E-state index contributed by atoms with van der Waals surface area (Å²) in [5, 5.41) is 14.8. The minimum absolute atomic E-state index is 0.179. The summed E-state index contributed by atoms with van der Waals surface area (Å²) in [7, 11) is 0. The molecule has 1 aliphatic heterocycles. The van der Waals surface area contributed by atoms with Crippen LogP contribution in [0.4, 0.5) is 0 Å². The lowest BCUT2D eigenvalue weighted by Crippen LogP contribution is -2.51. The molecular weight excluding hydrogens is 258 g/mol. The molecule has 0 aromatic heterocycles. The van der Waals surface area contributed by atoms with Gasteiger partial charge in [0.25, 0.3) is 0 Å². The van der Waals surface area contributed by atoms with Crippen molar-refractivity contribution in [1.29, 1.82) is 0 Å². The van der Waals surface area contributed by atoms with Gasteiger partial charge in [0.1, 0.15) is 0 Å². The Balaban J connectivity index is 1.83. The maximum Gasteiger partial charge on any atom is 0.0880 e. The summed E-state index contributed by atoms with van der Waals surface area (Å²) in [5.41, 5.74) is 1.67. The van der Waals surface area contributed by atoms with Crippen molar-refractivity contribution in [2.75, 3.05) is 6.54 Å². The van der Waals surface area contributed by atoms with Gasteiger partial charge in [-0.1, -0.05) is 60.7 Å². The Morgan fingerprint density at radius 1 is 0.905 bits per heavy atom. The fourth-order valence-electron chi connectivity index (χ4n) is 3.35. The van der Waals surface area contributed by atoms with Crippen LogP contribution in [-0.4, -0.2) is 23.3 Å². The molecule has 21 heavy (non-hydrogen) atoms. The van der Waals surface area contributed by atoms with E-state index in [1.807, 2.05) is 36.4 Å². The van der Waals surface area contributed by atoms with Crippen molar-refractivity contribution in [2.45, 2.75) is 37.3 Å². The molecule has 0 radical (unpaired) electrons. The predicted molar refractivity (Wildman–Crippen MR) is 86.3 cm³/mol. The van der Waals surface area contributed by atoms with Crippen LogP contribution in [0.1, 0.15) is 24.0 Å². The van der Waals surface area contributed by atoms with Crippen LogP contribution in [-0.2, 0) is 12.8 Å². The molecule has 2 aromatic rings. The lowest BCUT2D eigenvalue weighted by atomic mass is 9.81. The summed E-state index contributed by atoms with van der Waals surface area (Å²) in [5.74, 6) is 0. The monoisotopic (exact) mass is 281 g/mol. The average molecular weight is 281 g/mol. The third-order valence-corrected chi connectivity index (χ3v) is 4.42. The van der Waals surface area contributed by atoms with E-state index in [2.05, 4.69) is 29.6 Å². The van der Waals surface area contributed by atoms with E-state index in [0.29, 0.717) is 12.8 Å². The van der Waals surface area contributed by atoms with Crippen LogP contribution in [0.2, 0.25) is 0 Å². The van der Waals surface area contributed by atoms with Crippen molar-refractivity contribution >= 4 is 0 Å². The molecule has 2 heteroatoms. The molecule has 110 valence electrons. The highest BCUT2D eigenvalue weighted by Crippen LogP contribution is 2.27. The molecule has 1 fully saturated rings. The van der Waals surface area contributed by atoms with Crippen LogP contribution >= 0.6 is 0 Å². The Kier molecular flexibility index (Phi) is 4.37. The molecular formula is C19H23NO. The molecule has 0 amide bonds. The van der Waals surface area contributed by atoms with E-state index >= 15 is 0 Å². The van der Waals surface area contributed by atoms with E-state index in [1.165, 1.54) is 11.1 Å². The third-order valence-electron chi connectivity index (χ3n) is 4.42. The molecule has 1 aliphatic rings. The topological polar surface area (TPSA) is 32.3 Å². The summed E-state index contributed by atoms with van der Waals surface area (Å²) < 4.78 is 0. The van der Waals surface area contributed by atoms with Gasteiger partial charge in [0.2, 0.25) is 0 Å². The van der Waals surface area contributed by atoms with Crippen LogP contribution < -0.4 is 5.32 Å². The van der Waals surface area contributed by atoms with Crippen molar-refractivity contribution in [3.8, 4) is 0 Å². The van der Waals surface area contributed by atoms with E-state index in [9.17, 15) is 5.11 Å². The normalized spacial score (nSPS) is 18.8. The highest BCUT2D eigenvalue weighted by atomic mass is 16.3. The van der Waals surface area contributed by atoms with Crippen molar-refractivity contribution in [3.05, 3.63) is 71.8 Å². The van der Waals surface area contributed by atoms with Crippen molar-refractivity contribution in [1.82, 2.24) is 5.32 Å². The minimum atomic E-state index is -0.723. The first-order valence-corrected chi connectivity index (χ1v) is 7.80. The van der Waals surface area contributed by atoms with Gasteiger partial charge in [-0.2, -0.15) is 0 Å². The molecule has 0 aliphatic carbocycles. The van der Waals surface area contributed by atoms with Crippen molar-refractivity contribution in [3.63, 3.8) is 0 Å². The molecule has 0 spiro atoms. The second-order valence-electron chi connectivity index (χ2n) is 6.08. The molecule has 1 saturated heterocycles. The molecule has 3 rings (SSSR count). The smallest absolute Gasteiger partial charge is 0.0880 e. The van der Waals surface area contributed by atoms with Crippen molar-refractivity contribution in [2.24, 2.45) is 0 Å². The zero-order valence-corrected chi connectivity index (χ0v) is 12.3.